The van der Waals surface area contributed by atoms with Crippen molar-refractivity contribution in [1.82, 2.24) is 0 Å². The van der Waals surface area contributed by atoms with Crippen molar-refractivity contribution in [1.29, 1.82) is 0 Å². The molecule has 1 aliphatic carbocycles. The Morgan fingerprint density at radius 3 is 2.77 bits per heavy atom. The Labute approximate surface area is 127 Å². The van der Waals surface area contributed by atoms with Gasteiger partial charge in [-0.05, 0) is 35.8 Å². The van der Waals surface area contributed by atoms with Crippen molar-refractivity contribution >= 4 is 16.5 Å². The van der Waals surface area contributed by atoms with Crippen LogP contribution < -0.4 is 5.43 Å². The normalized spacial score (nSPS) is 21.0. The summed E-state index contributed by atoms with van der Waals surface area (Å²) < 4.78 is 11.6. The van der Waals surface area contributed by atoms with Gasteiger partial charge in [0, 0.05) is 12.3 Å². The van der Waals surface area contributed by atoms with Crippen LogP contribution in [0.2, 0.25) is 0 Å². The molecule has 0 saturated carbocycles. The van der Waals surface area contributed by atoms with Crippen LogP contribution in [0, 0.1) is 5.92 Å². The monoisotopic (exact) mass is 292 g/mol. The average molecular weight is 292 g/mol. The van der Waals surface area contributed by atoms with Crippen molar-refractivity contribution in [2.75, 3.05) is 0 Å². The third-order valence-corrected chi connectivity index (χ3v) is 4.66. The first-order valence-corrected chi connectivity index (χ1v) is 7.44. The molecule has 4 rings (SSSR count). The maximum atomic E-state index is 12.8. The van der Waals surface area contributed by atoms with Crippen LogP contribution in [0.5, 0.6) is 0 Å². The average Bonchev–Trinajstić information content (AvgIpc) is 3.05. The largest absolute Gasteiger partial charge is 0.469 e. The van der Waals surface area contributed by atoms with Gasteiger partial charge in [-0.3, -0.25) is 4.79 Å². The quantitative estimate of drug-likeness (QED) is 0.668. The summed E-state index contributed by atoms with van der Waals surface area (Å²) in [6.45, 7) is 6.25. The summed E-state index contributed by atoms with van der Waals surface area (Å²) in [5.41, 5.74) is 2.13. The van der Waals surface area contributed by atoms with E-state index in [1.807, 2.05) is 30.3 Å². The Morgan fingerprint density at radius 1 is 1.18 bits per heavy atom. The number of para-hydroxylation sites is 1. The highest BCUT2D eigenvalue weighted by atomic mass is 16.3. The topological polar surface area (TPSA) is 43.4 Å². The Kier molecular flexibility index (Phi) is 2.83. The fraction of sp³-hybridized carbons (Fsp3) is 0.211. The third kappa shape index (κ3) is 1.78. The molecule has 0 bridgehead atoms. The minimum absolute atomic E-state index is 0.0200. The Balaban J connectivity index is 1.94. The molecule has 2 aromatic heterocycles. The van der Waals surface area contributed by atoms with Crippen molar-refractivity contribution in [3.63, 3.8) is 0 Å². The molecule has 3 nitrogen and oxygen atoms in total. The fourth-order valence-corrected chi connectivity index (χ4v) is 3.35. The minimum atomic E-state index is 0.0200. The van der Waals surface area contributed by atoms with Gasteiger partial charge in [-0.2, -0.15) is 0 Å². The zero-order chi connectivity index (χ0) is 15.3. The summed E-state index contributed by atoms with van der Waals surface area (Å²) >= 11 is 0. The lowest BCUT2D eigenvalue weighted by atomic mass is 9.75. The molecular formula is C19H16O3. The first-order valence-electron chi connectivity index (χ1n) is 7.44. The Bertz CT molecular complexity index is 916. The molecule has 1 aliphatic rings. The van der Waals surface area contributed by atoms with E-state index in [2.05, 4.69) is 13.5 Å². The Morgan fingerprint density at radius 2 is 2.00 bits per heavy atom. The molecule has 0 radical (unpaired) electrons. The number of hydrogen-bond acceptors (Lipinski definition) is 3. The maximum Gasteiger partial charge on any atom is 0.200 e. The Hall–Kier alpha value is -2.55. The molecule has 0 saturated heterocycles. The van der Waals surface area contributed by atoms with Gasteiger partial charge in [-0.25, -0.2) is 0 Å². The van der Waals surface area contributed by atoms with E-state index in [1.165, 1.54) is 0 Å². The standard InChI is InChI=1S/C19H16O3/c1-11-12(2)18-17(10-14(11)15-8-5-9-21-15)22-16-7-4-3-6-13(16)19(18)20/h3-9,11,14H,2,10H2,1H3/t11-,14-/m0/s1. The number of hydrogen-bond donors (Lipinski definition) is 0. The molecule has 0 N–H and O–H groups in total. The number of furan rings is 1. The van der Waals surface area contributed by atoms with E-state index >= 15 is 0 Å². The van der Waals surface area contributed by atoms with Gasteiger partial charge in [-0.15, -0.1) is 0 Å². The van der Waals surface area contributed by atoms with Crippen LogP contribution in [0.25, 0.3) is 16.5 Å². The smallest absolute Gasteiger partial charge is 0.200 e. The van der Waals surface area contributed by atoms with Crippen LogP contribution >= 0.6 is 0 Å². The molecule has 0 spiro atoms. The van der Waals surface area contributed by atoms with E-state index in [-0.39, 0.29) is 17.3 Å². The summed E-state index contributed by atoms with van der Waals surface area (Å²) in [6.07, 6.45) is 2.33. The lowest BCUT2D eigenvalue weighted by Crippen LogP contribution is -2.25. The van der Waals surface area contributed by atoms with Gasteiger partial charge in [-0.1, -0.05) is 25.6 Å². The van der Waals surface area contributed by atoms with E-state index in [0.717, 1.165) is 11.3 Å². The third-order valence-electron chi connectivity index (χ3n) is 4.66. The van der Waals surface area contributed by atoms with E-state index in [4.69, 9.17) is 8.83 Å². The van der Waals surface area contributed by atoms with Crippen molar-refractivity contribution in [2.45, 2.75) is 19.3 Å². The van der Waals surface area contributed by atoms with Gasteiger partial charge in [0.15, 0.2) is 5.43 Å². The highest BCUT2D eigenvalue weighted by molar-refractivity contribution is 5.82. The molecule has 1 aromatic carbocycles. The van der Waals surface area contributed by atoms with Gasteiger partial charge in [0.2, 0.25) is 0 Å². The fourth-order valence-electron chi connectivity index (χ4n) is 3.35. The van der Waals surface area contributed by atoms with Crippen LogP contribution in [0.3, 0.4) is 0 Å². The first kappa shape index (κ1) is 13.1. The predicted octanol–water partition coefficient (Wildman–Crippen LogP) is 4.38. The van der Waals surface area contributed by atoms with E-state index in [9.17, 15) is 4.79 Å². The number of rotatable bonds is 1. The predicted molar refractivity (Wildman–Crippen MR) is 85.8 cm³/mol. The molecule has 22 heavy (non-hydrogen) atoms. The van der Waals surface area contributed by atoms with Crippen LogP contribution in [0.15, 0.2) is 62.9 Å². The lowest BCUT2D eigenvalue weighted by Gasteiger charge is -2.30. The van der Waals surface area contributed by atoms with Gasteiger partial charge in [0.1, 0.15) is 17.1 Å². The van der Waals surface area contributed by atoms with Crippen LogP contribution in [-0.2, 0) is 6.42 Å². The number of fused-ring (bicyclic) bond motifs is 2. The number of allylic oxidation sites excluding steroid dienone is 1. The summed E-state index contributed by atoms with van der Waals surface area (Å²) in [7, 11) is 0. The molecule has 110 valence electrons. The van der Waals surface area contributed by atoms with E-state index < -0.39 is 0 Å². The van der Waals surface area contributed by atoms with Gasteiger partial charge in [0.05, 0.1) is 17.2 Å². The second-order valence-corrected chi connectivity index (χ2v) is 5.87. The molecular weight excluding hydrogens is 276 g/mol. The SMILES string of the molecule is C=C1c2c(oc3ccccc3c2=O)C[C@H](c2ccco2)[C@H]1C. The summed E-state index contributed by atoms with van der Waals surface area (Å²) in [5.74, 6) is 1.92. The van der Waals surface area contributed by atoms with Crippen molar-refractivity contribution in [2.24, 2.45) is 5.92 Å². The summed E-state index contributed by atoms with van der Waals surface area (Å²) in [4.78, 5) is 12.8. The van der Waals surface area contributed by atoms with E-state index in [0.29, 0.717) is 28.7 Å². The molecule has 0 aliphatic heterocycles. The maximum absolute atomic E-state index is 12.8. The van der Waals surface area contributed by atoms with Gasteiger partial charge in [0.25, 0.3) is 0 Å². The summed E-state index contributed by atoms with van der Waals surface area (Å²) in [5, 5.41) is 0.617. The van der Waals surface area contributed by atoms with Crippen molar-refractivity contribution < 1.29 is 8.83 Å². The first-order chi connectivity index (χ1) is 10.7. The molecule has 2 heterocycles. The molecule has 0 amide bonds. The molecule has 0 fully saturated rings. The van der Waals surface area contributed by atoms with E-state index in [1.54, 1.807) is 12.3 Å². The second-order valence-electron chi connectivity index (χ2n) is 5.87. The lowest BCUT2D eigenvalue weighted by molar-refractivity contribution is 0.382. The highest BCUT2D eigenvalue weighted by Gasteiger charge is 2.34. The molecule has 2 atom stereocenters. The van der Waals surface area contributed by atoms with Gasteiger partial charge >= 0.3 is 0 Å². The molecule has 3 aromatic rings. The molecule has 0 unspecified atom stereocenters. The zero-order valence-corrected chi connectivity index (χ0v) is 12.3. The number of benzene rings is 1. The zero-order valence-electron chi connectivity index (χ0n) is 12.3. The van der Waals surface area contributed by atoms with Gasteiger partial charge < -0.3 is 8.83 Å². The molecule has 3 heteroatoms. The van der Waals surface area contributed by atoms with Crippen molar-refractivity contribution in [3.05, 3.63) is 76.5 Å². The second kappa shape index (κ2) is 4.73. The summed E-state index contributed by atoms with van der Waals surface area (Å²) in [6, 6.07) is 11.2. The highest BCUT2D eigenvalue weighted by Crippen LogP contribution is 2.42. The minimum Gasteiger partial charge on any atom is -0.469 e. The van der Waals surface area contributed by atoms with Crippen LogP contribution in [-0.4, -0.2) is 0 Å². The van der Waals surface area contributed by atoms with Crippen molar-refractivity contribution in [3.8, 4) is 0 Å². The van der Waals surface area contributed by atoms with Crippen LogP contribution in [0.1, 0.15) is 29.9 Å². The van der Waals surface area contributed by atoms with Crippen LogP contribution in [0.4, 0.5) is 0 Å².